The number of carboxylic acid groups (broad SMARTS) is 1. The average Bonchev–Trinajstić information content (AvgIpc) is 2.49. The molecule has 0 aliphatic rings. The van der Waals surface area contributed by atoms with Gasteiger partial charge in [-0.1, -0.05) is 12.1 Å². The van der Waals surface area contributed by atoms with Gasteiger partial charge in [-0.25, -0.2) is 4.79 Å². The van der Waals surface area contributed by atoms with E-state index in [1.54, 1.807) is 24.3 Å². The number of aliphatic hydroxyl groups excluding tert-OH is 1. The fourth-order valence-electron chi connectivity index (χ4n) is 1.84. The lowest BCUT2D eigenvalue weighted by atomic mass is 10.1. The van der Waals surface area contributed by atoms with Crippen LogP contribution in [0.5, 0.6) is 17.2 Å². The highest BCUT2D eigenvalue weighted by Gasteiger charge is 2.16. The summed E-state index contributed by atoms with van der Waals surface area (Å²) in [7, 11) is 1.45. The maximum absolute atomic E-state index is 11.2. The largest absolute Gasteiger partial charge is 0.493 e. The maximum atomic E-state index is 11.2. The Morgan fingerprint density at radius 3 is 2.62 bits per heavy atom. The summed E-state index contributed by atoms with van der Waals surface area (Å²) >= 11 is 0. The van der Waals surface area contributed by atoms with Crippen LogP contribution in [-0.2, 0) is 6.61 Å². The third kappa shape index (κ3) is 3.06. The van der Waals surface area contributed by atoms with Crippen molar-refractivity contribution in [1.29, 1.82) is 0 Å². The van der Waals surface area contributed by atoms with Gasteiger partial charge in [0.05, 0.1) is 19.4 Å². The smallest absolute Gasteiger partial charge is 0.339 e. The fourth-order valence-corrected chi connectivity index (χ4v) is 1.84. The Hall–Kier alpha value is -2.73. The van der Waals surface area contributed by atoms with Crippen LogP contribution in [0, 0.1) is 0 Å². The Morgan fingerprint density at radius 2 is 2.00 bits per heavy atom. The second-order valence-corrected chi connectivity index (χ2v) is 4.27. The van der Waals surface area contributed by atoms with Gasteiger partial charge in [0.1, 0.15) is 5.56 Å². The summed E-state index contributed by atoms with van der Waals surface area (Å²) in [4.78, 5) is 11.2. The first-order chi connectivity index (χ1) is 10.1. The first-order valence-electron chi connectivity index (χ1n) is 6.14. The number of methoxy groups -OCH3 is 1. The van der Waals surface area contributed by atoms with Crippen molar-refractivity contribution in [3.63, 3.8) is 0 Å². The van der Waals surface area contributed by atoms with Crippen LogP contribution in [-0.4, -0.2) is 23.3 Å². The number of aromatic carboxylic acids is 1. The topological polar surface area (TPSA) is 102 Å². The lowest BCUT2D eigenvalue weighted by Gasteiger charge is -2.14. The number of hydrogen-bond donors (Lipinski definition) is 3. The van der Waals surface area contributed by atoms with Crippen molar-refractivity contribution in [2.75, 3.05) is 12.8 Å². The quantitative estimate of drug-likeness (QED) is 0.730. The van der Waals surface area contributed by atoms with E-state index in [0.29, 0.717) is 17.1 Å². The minimum atomic E-state index is -1.14. The summed E-state index contributed by atoms with van der Waals surface area (Å²) in [5.41, 5.74) is 6.61. The molecule has 110 valence electrons. The molecular weight excluding hydrogens is 274 g/mol. The Labute approximate surface area is 121 Å². The van der Waals surface area contributed by atoms with E-state index in [4.69, 9.17) is 20.3 Å². The van der Waals surface area contributed by atoms with Crippen LogP contribution < -0.4 is 15.2 Å². The summed E-state index contributed by atoms with van der Waals surface area (Å²) in [6.07, 6.45) is 0. The Morgan fingerprint density at radius 1 is 1.24 bits per heavy atom. The number of nitrogen functional groups attached to an aromatic ring is 1. The standard InChI is InChI=1S/C15H15NO5/c1-20-13-7-9(8-17)5-6-12(13)21-14-10(15(18)19)3-2-4-11(14)16/h2-7,17H,8,16H2,1H3,(H,18,19). The van der Waals surface area contributed by atoms with E-state index in [1.165, 1.54) is 19.2 Å². The molecule has 2 rings (SSSR count). The zero-order chi connectivity index (χ0) is 15.4. The normalized spacial score (nSPS) is 10.2. The zero-order valence-electron chi connectivity index (χ0n) is 11.4. The van der Waals surface area contributed by atoms with Crippen molar-refractivity contribution in [2.45, 2.75) is 6.61 Å². The van der Waals surface area contributed by atoms with Gasteiger partial charge in [0.25, 0.3) is 0 Å². The Bertz CT molecular complexity index is 669. The highest BCUT2D eigenvalue weighted by molar-refractivity contribution is 5.93. The zero-order valence-corrected chi connectivity index (χ0v) is 11.4. The molecule has 0 saturated heterocycles. The molecule has 0 unspecified atom stereocenters. The average molecular weight is 289 g/mol. The van der Waals surface area contributed by atoms with Crippen molar-refractivity contribution in [2.24, 2.45) is 0 Å². The summed E-state index contributed by atoms with van der Waals surface area (Å²) in [6, 6.07) is 9.34. The second-order valence-electron chi connectivity index (χ2n) is 4.27. The molecule has 0 aromatic heterocycles. The van der Waals surface area contributed by atoms with Crippen molar-refractivity contribution < 1.29 is 24.5 Å². The van der Waals surface area contributed by atoms with E-state index in [9.17, 15) is 9.90 Å². The van der Waals surface area contributed by atoms with Crippen molar-refractivity contribution >= 4 is 11.7 Å². The molecule has 0 radical (unpaired) electrons. The predicted octanol–water partition coefficient (Wildman–Crippen LogP) is 2.26. The summed E-state index contributed by atoms with van der Waals surface area (Å²) < 4.78 is 10.8. The van der Waals surface area contributed by atoms with Gasteiger partial charge in [0.2, 0.25) is 0 Å². The van der Waals surface area contributed by atoms with Crippen LogP contribution >= 0.6 is 0 Å². The number of benzene rings is 2. The molecule has 4 N–H and O–H groups in total. The molecule has 21 heavy (non-hydrogen) atoms. The van der Waals surface area contributed by atoms with Gasteiger partial charge in [-0.05, 0) is 29.8 Å². The van der Waals surface area contributed by atoms with Crippen LogP contribution in [0.25, 0.3) is 0 Å². The number of nitrogens with two attached hydrogens (primary N) is 1. The van der Waals surface area contributed by atoms with E-state index in [1.807, 2.05) is 0 Å². The maximum Gasteiger partial charge on any atom is 0.339 e. The Kier molecular flexibility index (Phi) is 4.30. The third-order valence-corrected chi connectivity index (χ3v) is 2.90. The SMILES string of the molecule is COc1cc(CO)ccc1Oc1c(N)cccc1C(=O)O. The van der Waals surface area contributed by atoms with E-state index in [-0.39, 0.29) is 23.6 Å². The lowest BCUT2D eigenvalue weighted by Crippen LogP contribution is -2.03. The number of anilines is 1. The fraction of sp³-hybridized carbons (Fsp3) is 0.133. The number of ether oxygens (including phenoxy) is 2. The van der Waals surface area contributed by atoms with Crippen molar-refractivity contribution in [3.05, 3.63) is 47.5 Å². The molecule has 0 spiro atoms. The van der Waals surface area contributed by atoms with Gasteiger partial charge in [0, 0.05) is 0 Å². The highest BCUT2D eigenvalue weighted by Crippen LogP contribution is 2.36. The first kappa shape index (κ1) is 14.7. The van der Waals surface area contributed by atoms with Crippen LogP contribution in [0.3, 0.4) is 0 Å². The minimum absolute atomic E-state index is 0.0386. The van der Waals surface area contributed by atoms with Gasteiger partial charge in [-0.2, -0.15) is 0 Å². The lowest BCUT2D eigenvalue weighted by molar-refractivity contribution is 0.0694. The second kappa shape index (κ2) is 6.15. The van der Waals surface area contributed by atoms with Crippen molar-refractivity contribution in [1.82, 2.24) is 0 Å². The van der Waals surface area contributed by atoms with E-state index in [0.717, 1.165) is 0 Å². The molecule has 0 fully saturated rings. The van der Waals surface area contributed by atoms with Crippen LogP contribution in [0.4, 0.5) is 5.69 Å². The van der Waals surface area contributed by atoms with Crippen LogP contribution in [0.2, 0.25) is 0 Å². The number of carboxylic acids is 1. The predicted molar refractivity (Wildman–Crippen MR) is 76.8 cm³/mol. The van der Waals surface area contributed by atoms with Crippen LogP contribution in [0.1, 0.15) is 15.9 Å². The minimum Gasteiger partial charge on any atom is -0.493 e. The molecule has 0 aliphatic carbocycles. The van der Waals surface area contributed by atoms with Gasteiger partial charge >= 0.3 is 5.97 Å². The molecule has 0 bridgehead atoms. The summed E-state index contributed by atoms with van der Waals surface area (Å²) in [5.74, 6) is -0.389. The van der Waals surface area contributed by atoms with Gasteiger partial charge in [-0.3, -0.25) is 0 Å². The van der Waals surface area contributed by atoms with Gasteiger partial charge in [0.15, 0.2) is 17.2 Å². The monoisotopic (exact) mass is 289 g/mol. The first-order valence-corrected chi connectivity index (χ1v) is 6.14. The van der Waals surface area contributed by atoms with E-state index < -0.39 is 5.97 Å². The summed E-state index contributed by atoms with van der Waals surface area (Å²) in [6.45, 7) is -0.134. The molecule has 0 saturated carbocycles. The molecular formula is C15H15NO5. The molecule has 0 atom stereocenters. The number of hydrogen-bond acceptors (Lipinski definition) is 5. The molecule has 6 nitrogen and oxygen atoms in total. The number of para-hydroxylation sites is 1. The number of rotatable bonds is 5. The molecule has 0 amide bonds. The molecule has 2 aromatic rings. The van der Waals surface area contributed by atoms with Gasteiger partial charge < -0.3 is 25.4 Å². The number of aliphatic hydroxyl groups is 1. The molecule has 0 heterocycles. The van der Waals surface area contributed by atoms with E-state index in [2.05, 4.69) is 0 Å². The molecule has 0 aliphatic heterocycles. The van der Waals surface area contributed by atoms with Crippen LogP contribution in [0.15, 0.2) is 36.4 Å². The van der Waals surface area contributed by atoms with Gasteiger partial charge in [-0.15, -0.1) is 0 Å². The molecule has 6 heteroatoms. The van der Waals surface area contributed by atoms with E-state index >= 15 is 0 Å². The van der Waals surface area contributed by atoms with Crippen molar-refractivity contribution in [3.8, 4) is 17.2 Å². The Balaban J connectivity index is 2.45. The summed E-state index contributed by atoms with van der Waals surface area (Å²) in [5, 5.41) is 18.3. The highest BCUT2D eigenvalue weighted by atomic mass is 16.5. The third-order valence-electron chi connectivity index (χ3n) is 2.90. The molecule has 2 aromatic carbocycles. The number of carbonyl (C=O) groups is 1.